The number of hydrogen-bond donors (Lipinski definition) is 2. The quantitative estimate of drug-likeness (QED) is 0.539. The zero-order valence-electron chi connectivity index (χ0n) is 19.2. The molecule has 2 aromatic rings. The minimum atomic E-state index is -0.120. The van der Waals surface area contributed by atoms with Crippen molar-refractivity contribution < 1.29 is 14.3 Å². The van der Waals surface area contributed by atoms with Crippen LogP contribution in [0.25, 0.3) is 5.57 Å². The Kier molecular flexibility index (Phi) is 7.58. The first kappa shape index (κ1) is 22.7. The van der Waals surface area contributed by atoms with Gasteiger partial charge in [-0.3, -0.25) is 4.79 Å². The Morgan fingerprint density at radius 2 is 1.65 bits per heavy atom. The standard InChI is InChI=1S/C25H33N3O3/c1-6-20(26-18-11-9-17(10-12-18)13-14-28(7-2)8-3)24-19-15-22(30-4)23(31-5)16-21(19)27-25(24)29/h9-12,15-16,26H,6-8,13-14H2,1-5H3,(H,27,29)/b24-20-. The molecule has 0 saturated carbocycles. The van der Waals surface area contributed by atoms with Gasteiger partial charge in [-0.2, -0.15) is 0 Å². The van der Waals surface area contributed by atoms with Crippen molar-refractivity contribution in [3.05, 3.63) is 53.2 Å². The smallest absolute Gasteiger partial charge is 0.258 e. The molecule has 0 fully saturated rings. The number of nitrogens with one attached hydrogen (secondary N) is 2. The number of allylic oxidation sites excluding steroid dienone is 1. The average molecular weight is 424 g/mol. The molecule has 6 nitrogen and oxygen atoms in total. The van der Waals surface area contributed by atoms with Gasteiger partial charge < -0.3 is 25.0 Å². The maximum Gasteiger partial charge on any atom is 0.258 e. The second-order valence-corrected chi connectivity index (χ2v) is 7.51. The number of fused-ring (bicyclic) bond motifs is 1. The predicted molar refractivity (Wildman–Crippen MR) is 127 cm³/mol. The molecule has 1 aliphatic heterocycles. The Labute approximate surface area is 185 Å². The lowest BCUT2D eigenvalue weighted by Crippen LogP contribution is -2.25. The first-order valence-electron chi connectivity index (χ1n) is 10.9. The molecule has 1 heterocycles. The molecule has 3 rings (SSSR count). The largest absolute Gasteiger partial charge is 0.493 e. The van der Waals surface area contributed by atoms with Gasteiger partial charge >= 0.3 is 0 Å². The van der Waals surface area contributed by atoms with Crippen LogP contribution in [0.1, 0.15) is 38.3 Å². The molecule has 2 N–H and O–H groups in total. The highest BCUT2D eigenvalue weighted by Gasteiger charge is 2.29. The van der Waals surface area contributed by atoms with Gasteiger partial charge in [0.25, 0.3) is 5.91 Å². The molecule has 1 amide bonds. The first-order chi connectivity index (χ1) is 15.0. The van der Waals surface area contributed by atoms with Crippen LogP contribution in [0, 0.1) is 0 Å². The van der Waals surface area contributed by atoms with E-state index in [9.17, 15) is 4.79 Å². The molecule has 0 unspecified atom stereocenters. The van der Waals surface area contributed by atoms with Gasteiger partial charge in [0, 0.05) is 29.6 Å². The number of carbonyl (C=O) groups excluding carboxylic acids is 1. The van der Waals surface area contributed by atoms with Gasteiger partial charge in [0.2, 0.25) is 0 Å². The van der Waals surface area contributed by atoms with Crippen LogP contribution in [0.4, 0.5) is 11.4 Å². The van der Waals surface area contributed by atoms with Crippen molar-refractivity contribution in [2.45, 2.75) is 33.6 Å². The molecule has 0 atom stereocenters. The number of methoxy groups -OCH3 is 2. The summed E-state index contributed by atoms with van der Waals surface area (Å²) in [4.78, 5) is 15.2. The van der Waals surface area contributed by atoms with Crippen molar-refractivity contribution in [1.29, 1.82) is 0 Å². The van der Waals surface area contributed by atoms with Crippen molar-refractivity contribution in [2.24, 2.45) is 0 Å². The molecule has 0 aliphatic carbocycles. The molecular formula is C25H33N3O3. The van der Waals surface area contributed by atoms with Crippen molar-refractivity contribution in [2.75, 3.05) is 44.5 Å². The van der Waals surface area contributed by atoms with Gasteiger partial charge in [0.1, 0.15) is 0 Å². The minimum absolute atomic E-state index is 0.120. The maximum atomic E-state index is 12.8. The van der Waals surface area contributed by atoms with Crippen molar-refractivity contribution >= 4 is 22.9 Å². The lowest BCUT2D eigenvalue weighted by atomic mass is 10.0. The van der Waals surface area contributed by atoms with Gasteiger partial charge in [-0.05, 0) is 49.7 Å². The summed E-state index contributed by atoms with van der Waals surface area (Å²) < 4.78 is 10.8. The summed E-state index contributed by atoms with van der Waals surface area (Å²) in [7, 11) is 3.18. The monoisotopic (exact) mass is 423 g/mol. The number of carbonyl (C=O) groups is 1. The van der Waals surface area contributed by atoms with E-state index in [0.29, 0.717) is 23.5 Å². The van der Waals surface area contributed by atoms with Crippen molar-refractivity contribution in [1.82, 2.24) is 4.90 Å². The Morgan fingerprint density at radius 1 is 1.00 bits per heavy atom. The van der Waals surface area contributed by atoms with E-state index in [4.69, 9.17) is 9.47 Å². The summed E-state index contributed by atoms with van der Waals surface area (Å²) in [5, 5.41) is 6.40. The molecule has 0 saturated heterocycles. The highest BCUT2D eigenvalue weighted by Crippen LogP contribution is 2.42. The third-order valence-corrected chi connectivity index (χ3v) is 5.78. The minimum Gasteiger partial charge on any atom is -0.493 e. The normalized spacial score (nSPS) is 14.3. The van der Waals surface area contributed by atoms with Crippen LogP contribution in [0.3, 0.4) is 0 Å². The number of nitrogens with zero attached hydrogens (tertiary/aromatic N) is 1. The van der Waals surface area contributed by atoms with E-state index in [1.54, 1.807) is 20.3 Å². The Balaban J connectivity index is 1.83. The first-order valence-corrected chi connectivity index (χ1v) is 10.9. The van der Waals surface area contributed by atoms with E-state index >= 15 is 0 Å². The zero-order valence-corrected chi connectivity index (χ0v) is 19.2. The highest BCUT2D eigenvalue weighted by atomic mass is 16.5. The summed E-state index contributed by atoms with van der Waals surface area (Å²) in [5.74, 6) is 1.07. The summed E-state index contributed by atoms with van der Waals surface area (Å²) in [5.41, 5.74) is 5.35. The average Bonchev–Trinajstić information content (AvgIpc) is 3.12. The molecule has 0 aromatic heterocycles. The number of ether oxygens (including phenoxy) is 2. The Bertz CT molecular complexity index is 947. The van der Waals surface area contributed by atoms with Crippen LogP contribution < -0.4 is 20.1 Å². The lowest BCUT2D eigenvalue weighted by Gasteiger charge is -2.18. The maximum absolute atomic E-state index is 12.8. The third kappa shape index (κ3) is 5.02. The van der Waals surface area contributed by atoms with Crippen LogP contribution in [0.2, 0.25) is 0 Å². The molecule has 31 heavy (non-hydrogen) atoms. The van der Waals surface area contributed by atoms with Gasteiger partial charge in [0.05, 0.1) is 25.5 Å². The molecule has 166 valence electrons. The molecule has 0 spiro atoms. The molecule has 6 heteroatoms. The number of rotatable bonds is 10. The second kappa shape index (κ2) is 10.4. The SMILES string of the molecule is CC/C(Nc1ccc(CCN(CC)CC)cc1)=C1/C(=O)Nc2cc(OC)c(OC)cc21. The number of anilines is 2. The summed E-state index contributed by atoms with van der Waals surface area (Å²) in [6, 6.07) is 12.1. The molecular weight excluding hydrogens is 390 g/mol. The van der Waals surface area contributed by atoms with Gasteiger partial charge in [-0.15, -0.1) is 0 Å². The summed E-state index contributed by atoms with van der Waals surface area (Å²) >= 11 is 0. The number of likely N-dealkylation sites (N-methyl/N-ethyl adjacent to an activating group) is 1. The van der Waals surface area contributed by atoms with Gasteiger partial charge in [-0.25, -0.2) is 0 Å². The zero-order chi connectivity index (χ0) is 22.4. The van der Waals surface area contributed by atoms with Crippen LogP contribution >= 0.6 is 0 Å². The van der Waals surface area contributed by atoms with Crippen molar-refractivity contribution in [3.8, 4) is 11.5 Å². The molecule has 0 radical (unpaired) electrons. The fourth-order valence-electron chi connectivity index (χ4n) is 3.88. The molecule has 2 aromatic carbocycles. The van der Waals surface area contributed by atoms with E-state index in [-0.39, 0.29) is 5.91 Å². The molecule has 0 bridgehead atoms. The number of amides is 1. The van der Waals surface area contributed by atoms with E-state index in [1.807, 2.05) is 13.0 Å². The third-order valence-electron chi connectivity index (χ3n) is 5.78. The fourth-order valence-corrected chi connectivity index (χ4v) is 3.88. The Hall–Kier alpha value is -2.99. The van der Waals surface area contributed by atoms with E-state index in [0.717, 1.165) is 48.7 Å². The predicted octanol–water partition coefficient (Wildman–Crippen LogP) is 4.77. The summed E-state index contributed by atoms with van der Waals surface area (Å²) in [6.07, 6.45) is 1.72. The highest BCUT2D eigenvalue weighted by molar-refractivity contribution is 6.32. The van der Waals surface area contributed by atoms with Gasteiger partial charge in [-0.1, -0.05) is 32.9 Å². The second-order valence-electron chi connectivity index (χ2n) is 7.51. The summed E-state index contributed by atoms with van der Waals surface area (Å²) in [6.45, 7) is 9.64. The lowest BCUT2D eigenvalue weighted by molar-refractivity contribution is -0.110. The van der Waals surface area contributed by atoms with Crippen LogP contribution in [0.15, 0.2) is 42.1 Å². The molecule has 1 aliphatic rings. The van der Waals surface area contributed by atoms with Gasteiger partial charge in [0.15, 0.2) is 11.5 Å². The van der Waals surface area contributed by atoms with Crippen LogP contribution in [0.5, 0.6) is 11.5 Å². The number of benzene rings is 2. The van der Waals surface area contributed by atoms with Crippen molar-refractivity contribution in [3.63, 3.8) is 0 Å². The Morgan fingerprint density at radius 3 is 2.23 bits per heavy atom. The topological polar surface area (TPSA) is 62.8 Å². The van der Waals surface area contributed by atoms with Crippen LogP contribution in [-0.2, 0) is 11.2 Å². The number of hydrogen-bond acceptors (Lipinski definition) is 5. The van der Waals surface area contributed by atoms with E-state index in [1.165, 1.54) is 5.56 Å². The fraction of sp³-hybridized carbons (Fsp3) is 0.400. The van der Waals surface area contributed by atoms with E-state index in [2.05, 4.69) is 53.6 Å². The van der Waals surface area contributed by atoms with Crippen LogP contribution in [-0.4, -0.2) is 44.7 Å². The van der Waals surface area contributed by atoms with E-state index < -0.39 is 0 Å².